The minimum absolute atomic E-state index is 0.195. The highest BCUT2D eigenvalue weighted by Crippen LogP contribution is 2.36. The Balaban J connectivity index is 1.79. The molecule has 9 heteroatoms. The van der Waals surface area contributed by atoms with Gasteiger partial charge in [-0.2, -0.15) is 5.26 Å². The van der Waals surface area contributed by atoms with Gasteiger partial charge in [0.15, 0.2) is 5.82 Å². The molecule has 2 atom stereocenters. The highest BCUT2D eigenvalue weighted by Gasteiger charge is 2.44. The van der Waals surface area contributed by atoms with Gasteiger partial charge in [0.1, 0.15) is 23.3 Å². The van der Waals surface area contributed by atoms with E-state index in [0.717, 1.165) is 0 Å². The first-order valence-electron chi connectivity index (χ1n) is 9.01. The number of alkyl halides is 1. The smallest absolute Gasteiger partial charge is 0.231 e. The van der Waals surface area contributed by atoms with Gasteiger partial charge in [0.25, 0.3) is 0 Å². The number of benzene rings is 1. The molecule has 2 aromatic heterocycles. The average Bonchev–Trinajstić information content (AvgIpc) is 3.30. The van der Waals surface area contributed by atoms with Crippen LogP contribution in [-0.2, 0) is 11.8 Å². The lowest BCUT2D eigenvalue weighted by Crippen LogP contribution is -2.19. The van der Waals surface area contributed by atoms with E-state index in [1.165, 1.54) is 6.07 Å². The van der Waals surface area contributed by atoms with Crippen LogP contribution in [0.2, 0.25) is 0 Å². The van der Waals surface area contributed by atoms with E-state index in [4.69, 9.17) is 5.26 Å². The van der Waals surface area contributed by atoms with Gasteiger partial charge in [-0.1, -0.05) is 0 Å². The minimum atomic E-state index is -1.13. The Labute approximate surface area is 165 Å². The highest BCUT2D eigenvalue weighted by atomic mass is 19.1. The molecule has 148 valence electrons. The van der Waals surface area contributed by atoms with Gasteiger partial charge in [-0.05, 0) is 31.0 Å². The molecule has 0 bridgehead atoms. The lowest BCUT2D eigenvalue weighted by atomic mass is 10.1. The van der Waals surface area contributed by atoms with Crippen molar-refractivity contribution in [3.63, 3.8) is 0 Å². The molecular formula is C20H18F2N6O. The van der Waals surface area contributed by atoms with E-state index in [1.54, 1.807) is 48.9 Å². The van der Waals surface area contributed by atoms with Gasteiger partial charge < -0.3 is 14.8 Å². The molecule has 29 heavy (non-hydrogen) atoms. The summed E-state index contributed by atoms with van der Waals surface area (Å²) in [6.07, 6.45) is 0.649. The third-order valence-electron chi connectivity index (χ3n) is 5.05. The number of imidazole rings is 1. The third kappa shape index (κ3) is 3.27. The van der Waals surface area contributed by atoms with Crippen molar-refractivity contribution in [3.8, 4) is 6.07 Å². The average molecular weight is 396 g/mol. The molecule has 1 aromatic carbocycles. The van der Waals surface area contributed by atoms with Crippen LogP contribution < -0.4 is 10.2 Å². The Kier molecular flexibility index (Phi) is 4.42. The van der Waals surface area contributed by atoms with E-state index in [1.807, 2.05) is 6.07 Å². The van der Waals surface area contributed by atoms with Crippen LogP contribution in [0.4, 0.5) is 26.1 Å². The van der Waals surface area contributed by atoms with Crippen molar-refractivity contribution in [2.24, 2.45) is 13.0 Å². The lowest BCUT2D eigenvalue weighted by Gasteiger charge is -2.22. The molecule has 0 spiro atoms. The molecule has 1 aliphatic carbocycles. The van der Waals surface area contributed by atoms with Crippen molar-refractivity contribution < 1.29 is 13.6 Å². The maximum absolute atomic E-state index is 14.7. The number of aromatic nitrogens is 3. The molecule has 3 aromatic rings. The normalized spacial score (nSPS) is 17.8. The summed E-state index contributed by atoms with van der Waals surface area (Å²) in [6, 6.07) is 6.41. The number of anilines is 3. The van der Waals surface area contributed by atoms with Crippen LogP contribution in [0.3, 0.4) is 0 Å². The largest absolute Gasteiger partial charge is 0.334 e. The molecule has 2 heterocycles. The number of carbonyl (C=O) groups is 1. The fourth-order valence-electron chi connectivity index (χ4n) is 3.36. The van der Waals surface area contributed by atoms with Crippen molar-refractivity contribution in [3.05, 3.63) is 41.5 Å². The summed E-state index contributed by atoms with van der Waals surface area (Å²) in [5.41, 5.74) is 2.20. The summed E-state index contributed by atoms with van der Waals surface area (Å²) in [6.45, 7) is 1.70. The van der Waals surface area contributed by atoms with Crippen LogP contribution in [0.15, 0.2) is 24.5 Å². The van der Waals surface area contributed by atoms with Gasteiger partial charge in [0.2, 0.25) is 5.91 Å². The lowest BCUT2D eigenvalue weighted by molar-refractivity contribution is -0.117. The number of carbonyl (C=O) groups excluding carboxylic acids is 1. The van der Waals surface area contributed by atoms with Gasteiger partial charge in [0.05, 0.1) is 35.1 Å². The van der Waals surface area contributed by atoms with Crippen LogP contribution in [0.25, 0.3) is 11.0 Å². The van der Waals surface area contributed by atoms with Gasteiger partial charge >= 0.3 is 0 Å². The summed E-state index contributed by atoms with van der Waals surface area (Å²) < 4.78 is 29.7. The van der Waals surface area contributed by atoms with Crippen LogP contribution >= 0.6 is 0 Å². The summed E-state index contributed by atoms with van der Waals surface area (Å²) in [5.74, 6) is -1.11. The molecule has 0 unspecified atom stereocenters. The summed E-state index contributed by atoms with van der Waals surface area (Å²) in [7, 11) is 3.43. The van der Waals surface area contributed by atoms with E-state index >= 15 is 0 Å². The van der Waals surface area contributed by atoms with Gasteiger partial charge in [-0.15, -0.1) is 0 Å². The molecule has 0 aliphatic heterocycles. The molecular weight excluding hydrogens is 378 g/mol. The number of amides is 1. The predicted octanol–water partition coefficient (Wildman–Crippen LogP) is 3.35. The maximum atomic E-state index is 14.7. The van der Waals surface area contributed by atoms with Gasteiger partial charge in [-0.3, -0.25) is 4.79 Å². The monoisotopic (exact) mass is 396 g/mol. The Morgan fingerprint density at radius 3 is 2.76 bits per heavy atom. The number of pyridine rings is 1. The zero-order chi connectivity index (χ0) is 20.9. The van der Waals surface area contributed by atoms with Crippen molar-refractivity contribution in [1.29, 1.82) is 5.26 Å². The van der Waals surface area contributed by atoms with Crippen molar-refractivity contribution in [2.75, 3.05) is 17.3 Å². The highest BCUT2D eigenvalue weighted by molar-refractivity contribution is 6.01. The Hall–Kier alpha value is -3.54. The zero-order valence-electron chi connectivity index (χ0n) is 16.1. The van der Waals surface area contributed by atoms with Crippen molar-refractivity contribution >= 4 is 34.3 Å². The Bertz CT molecular complexity index is 1160. The molecule has 0 saturated heterocycles. The topological polar surface area (TPSA) is 86.8 Å². The first kappa shape index (κ1) is 18.8. The number of aryl methyl sites for hydroxylation is 2. The summed E-state index contributed by atoms with van der Waals surface area (Å²) in [4.78, 5) is 22.5. The number of nitrogens with one attached hydrogen (secondary N) is 1. The second-order valence-electron chi connectivity index (χ2n) is 7.19. The first-order valence-corrected chi connectivity index (χ1v) is 9.01. The Morgan fingerprint density at radius 2 is 2.14 bits per heavy atom. The van der Waals surface area contributed by atoms with Crippen LogP contribution in [0.5, 0.6) is 0 Å². The fourth-order valence-corrected chi connectivity index (χ4v) is 3.36. The number of nitriles is 1. The number of fused-ring (bicyclic) bond motifs is 1. The number of halogens is 2. The molecule has 0 radical (unpaired) electrons. The zero-order valence-corrected chi connectivity index (χ0v) is 16.1. The number of hydrogen-bond acceptors (Lipinski definition) is 5. The van der Waals surface area contributed by atoms with Gasteiger partial charge in [-0.25, -0.2) is 18.7 Å². The van der Waals surface area contributed by atoms with Gasteiger partial charge in [0, 0.05) is 20.2 Å². The second kappa shape index (κ2) is 6.81. The van der Waals surface area contributed by atoms with E-state index in [2.05, 4.69) is 15.3 Å². The van der Waals surface area contributed by atoms with E-state index in [-0.39, 0.29) is 23.5 Å². The Morgan fingerprint density at radius 1 is 1.41 bits per heavy atom. The fraction of sp³-hybridized carbons (Fsp3) is 0.300. The molecule has 1 saturated carbocycles. The van der Waals surface area contributed by atoms with E-state index in [9.17, 15) is 13.6 Å². The maximum Gasteiger partial charge on any atom is 0.231 e. The molecule has 7 nitrogen and oxygen atoms in total. The molecule has 4 rings (SSSR count). The molecule has 1 N–H and O–H groups in total. The summed E-state index contributed by atoms with van der Waals surface area (Å²) >= 11 is 0. The van der Waals surface area contributed by atoms with Crippen LogP contribution in [-0.4, -0.2) is 33.7 Å². The summed E-state index contributed by atoms with van der Waals surface area (Å²) in [5, 5.41) is 11.7. The first-order chi connectivity index (χ1) is 13.8. The van der Waals surface area contributed by atoms with Crippen molar-refractivity contribution in [1.82, 2.24) is 14.5 Å². The standard InChI is InChI=1S/C20H18F2N6O/c1-10-4-11(8-23)5-14(22)18(10)28(3)16-7-15-17(24-9-27(15)2)19(25-16)26-20(29)12-6-13(12)21/h4-5,7,9,12-13H,6H2,1-3H3,(H,25,26,29)/t12-,13+/m0/s1. The van der Waals surface area contributed by atoms with Crippen LogP contribution in [0, 0.1) is 30.0 Å². The van der Waals surface area contributed by atoms with Crippen molar-refractivity contribution in [2.45, 2.75) is 19.5 Å². The van der Waals surface area contributed by atoms with Crippen LogP contribution in [0.1, 0.15) is 17.5 Å². The molecule has 1 aliphatic rings. The SMILES string of the molecule is Cc1cc(C#N)cc(F)c1N(C)c1cc2c(ncn2C)c(NC(=O)[C@H]2C[C@H]2F)n1. The van der Waals surface area contributed by atoms with E-state index in [0.29, 0.717) is 22.4 Å². The molecule has 1 fully saturated rings. The minimum Gasteiger partial charge on any atom is -0.334 e. The number of nitrogens with zero attached hydrogens (tertiary/aromatic N) is 5. The predicted molar refractivity (Wildman–Crippen MR) is 104 cm³/mol. The number of rotatable bonds is 4. The molecule has 1 amide bonds. The van der Waals surface area contributed by atoms with E-state index < -0.39 is 23.8 Å². The quantitative estimate of drug-likeness (QED) is 0.731. The number of hydrogen-bond donors (Lipinski definition) is 1. The third-order valence-corrected chi connectivity index (χ3v) is 5.05. The second-order valence-corrected chi connectivity index (χ2v) is 7.19.